The van der Waals surface area contributed by atoms with Crippen LogP contribution in [0.5, 0.6) is 0 Å². The summed E-state index contributed by atoms with van der Waals surface area (Å²) in [5, 5.41) is 9.80. The van der Waals surface area contributed by atoms with Crippen LogP contribution in [0.25, 0.3) is 0 Å². The van der Waals surface area contributed by atoms with E-state index in [0.29, 0.717) is 5.92 Å². The summed E-state index contributed by atoms with van der Waals surface area (Å²) in [5.74, 6) is 3.09. The number of terminal acetylenes is 1. The molecule has 102 valence electrons. The number of hydrogen-bond donors (Lipinski definition) is 1. The second-order valence-electron chi connectivity index (χ2n) is 4.41. The SMILES string of the molecule is C#CCN1CCC(C(C)(C)O)CC1.CC.CC. The number of hydrogen-bond acceptors (Lipinski definition) is 2. The van der Waals surface area contributed by atoms with Crippen molar-refractivity contribution in [2.45, 2.75) is 60.0 Å². The summed E-state index contributed by atoms with van der Waals surface area (Å²) < 4.78 is 0. The molecule has 17 heavy (non-hydrogen) atoms. The third-order valence-corrected chi connectivity index (χ3v) is 2.90. The molecule has 0 radical (unpaired) electrons. The van der Waals surface area contributed by atoms with Gasteiger partial charge in [0.1, 0.15) is 0 Å². The quantitative estimate of drug-likeness (QED) is 0.751. The van der Waals surface area contributed by atoms with Gasteiger partial charge in [0.25, 0.3) is 0 Å². The monoisotopic (exact) mass is 241 g/mol. The molecule has 0 spiro atoms. The van der Waals surface area contributed by atoms with Gasteiger partial charge in [-0.05, 0) is 45.7 Å². The summed E-state index contributed by atoms with van der Waals surface area (Å²) in [5.41, 5.74) is -0.526. The highest BCUT2D eigenvalue weighted by Crippen LogP contribution is 2.27. The Morgan fingerprint density at radius 3 is 1.88 bits per heavy atom. The molecule has 0 amide bonds. The largest absolute Gasteiger partial charge is 0.390 e. The minimum Gasteiger partial charge on any atom is -0.390 e. The molecule has 1 aliphatic rings. The van der Waals surface area contributed by atoms with Crippen LogP contribution in [0.15, 0.2) is 0 Å². The van der Waals surface area contributed by atoms with Crippen molar-refractivity contribution in [2.75, 3.05) is 19.6 Å². The average Bonchev–Trinajstić information content (AvgIpc) is 2.34. The average molecular weight is 241 g/mol. The zero-order valence-electron chi connectivity index (χ0n) is 12.6. The van der Waals surface area contributed by atoms with Crippen LogP contribution < -0.4 is 0 Å². The molecule has 1 saturated heterocycles. The molecule has 0 aromatic heterocycles. The predicted octanol–water partition coefficient (Wildman–Crippen LogP) is 3.15. The molecule has 1 rings (SSSR count). The van der Waals surface area contributed by atoms with E-state index in [4.69, 9.17) is 6.42 Å². The summed E-state index contributed by atoms with van der Waals surface area (Å²) in [6, 6.07) is 0. The lowest BCUT2D eigenvalue weighted by Crippen LogP contribution is -2.41. The lowest BCUT2D eigenvalue weighted by Gasteiger charge is -2.37. The fourth-order valence-corrected chi connectivity index (χ4v) is 1.93. The van der Waals surface area contributed by atoms with Gasteiger partial charge in [-0.2, -0.15) is 0 Å². The van der Waals surface area contributed by atoms with E-state index in [2.05, 4.69) is 10.8 Å². The Balaban J connectivity index is 0. The maximum absolute atomic E-state index is 9.80. The lowest BCUT2D eigenvalue weighted by atomic mass is 9.83. The Bertz CT molecular complexity index is 192. The summed E-state index contributed by atoms with van der Waals surface area (Å²) in [7, 11) is 0. The lowest BCUT2D eigenvalue weighted by molar-refractivity contribution is -0.0108. The summed E-state index contributed by atoms with van der Waals surface area (Å²) in [6.45, 7) is 14.6. The van der Waals surface area contributed by atoms with Crippen LogP contribution in [0, 0.1) is 18.3 Å². The second-order valence-corrected chi connectivity index (χ2v) is 4.41. The van der Waals surface area contributed by atoms with E-state index >= 15 is 0 Å². The smallest absolute Gasteiger partial charge is 0.0620 e. The maximum atomic E-state index is 9.80. The number of piperidine rings is 1. The predicted molar refractivity (Wildman–Crippen MR) is 77.0 cm³/mol. The van der Waals surface area contributed by atoms with Gasteiger partial charge >= 0.3 is 0 Å². The molecule has 2 nitrogen and oxygen atoms in total. The molecule has 0 unspecified atom stereocenters. The highest BCUT2D eigenvalue weighted by Gasteiger charge is 2.29. The van der Waals surface area contributed by atoms with E-state index in [1.807, 2.05) is 41.5 Å². The van der Waals surface area contributed by atoms with Crippen molar-refractivity contribution in [3.63, 3.8) is 0 Å². The van der Waals surface area contributed by atoms with Crippen molar-refractivity contribution in [3.8, 4) is 12.3 Å². The molecule has 1 N–H and O–H groups in total. The summed E-state index contributed by atoms with van der Waals surface area (Å²) >= 11 is 0. The highest BCUT2D eigenvalue weighted by molar-refractivity contribution is 4.91. The standard InChI is InChI=1S/C11H19NO.2C2H6/c1-4-7-12-8-5-10(6-9-12)11(2,3)13;2*1-2/h1,10,13H,5-9H2,2-3H3;2*1-2H3. The fraction of sp³-hybridized carbons (Fsp3) is 0.867. The Morgan fingerprint density at radius 2 is 1.59 bits per heavy atom. The Labute approximate surface area is 108 Å². The van der Waals surface area contributed by atoms with Gasteiger partial charge in [0.2, 0.25) is 0 Å². The van der Waals surface area contributed by atoms with Gasteiger partial charge in [-0.25, -0.2) is 0 Å². The molecule has 0 atom stereocenters. The van der Waals surface area contributed by atoms with Gasteiger partial charge in [0.05, 0.1) is 12.1 Å². The Morgan fingerprint density at radius 1 is 1.18 bits per heavy atom. The van der Waals surface area contributed by atoms with Crippen LogP contribution in [0.4, 0.5) is 0 Å². The van der Waals surface area contributed by atoms with Crippen molar-refractivity contribution >= 4 is 0 Å². The first-order chi connectivity index (χ1) is 8.04. The summed E-state index contributed by atoms with van der Waals surface area (Å²) in [4.78, 5) is 2.27. The topological polar surface area (TPSA) is 23.5 Å². The molecule has 0 aliphatic carbocycles. The fourth-order valence-electron chi connectivity index (χ4n) is 1.93. The van der Waals surface area contributed by atoms with Crippen LogP contribution in [0.2, 0.25) is 0 Å². The zero-order valence-corrected chi connectivity index (χ0v) is 12.6. The van der Waals surface area contributed by atoms with Gasteiger partial charge in [-0.3, -0.25) is 4.90 Å². The third kappa shape index (κ3) is 8.24. The molecule has 1 aliphatic heterocycles. The van der Waals surface area contributed by atoms with E-state index in [0.717, 1.165) is 32.5 Å². The van der Waals surface area contributed by atoms with E-state index in [-0.39, 0.29) is 0 Å². The van der Waals surface area contributed by atoms with E-state index in [1.165, 1.54) is 0 Å². The molecular weight excluding hydrogens is 210 g/mol. The van der Waals surface area contributed by atoms with Gasteiger partial charge in [-0.15, -0.1) is 6.42 Å². The molecule has 2 heteroatoms. The van der Waals surface area contributed by atoms with Crippen molar-refractivity contribution < 1.29 is 5.11 Å². The van der Waals surface area contributed by atoms with Crippen LogP contribution in [-0.4, -0.2) is 35.2 Å². The van der Waals surface area contributed by atoms with Crippen molar-refractivity contribution in [1.82, 2.24) is 4.90 Å². The summed E-state index contributed by atoms with van der Waals surface area (Å²) in [6.07, 6.45) is 7.36. The molecule has 0 saturated carbocycles. The number of rotatable bonds is 2. The Hall–Kier alpha value is -0.520. The van der Waals surface area contributed by atoms with E-state index in [9.17, 15) is 5.11 Å². The molecule has 0 bridgehead atoms. The van der Waals surface area contributed by atoms with Gasteiger partial charge in [-0.1, -0.05) is 33.6 Å². The Kier molecular flexibility index (Phi) is 11.8. The van der Waals surface area contributed by atoms with Crippen molar-refractivity contribution in [1.29, 1.82) is 0 Å². The van der Waals surface area contributed by atoms with Crippen LogP contribution in [-0.2, 0) is 0 Å². The van der Waals surface area contributed by atoms with E-state index < -0.39 is 5.60 Å². The number of nitrogens with zero attached hydrogens (tertiary/aromatic N) is 1. The molecule has 1 fully saturated rings. The van der Waals surface area contributed by atoms with Crippen LogP contribution >= 0.6 is 0 Å². The van der Waals surface area contributed by atoms with Crippen LogP contribution in [0.1, 0.15) is 54.4 Å². The van der Waals surface area contributed by atoms with Crippen molar-refractivity contribution in [3.05, 3.63) is 0 Å². The first-order valence-corrected chi connectivity index (χ1v) is 6.92. The van der Waals surface area contributed by atoms with E-state index in [1.54, 1.807) is 0 Å². The normalized spacial score (nSPS) is 17.1. The first-order valence-electron chi connectivity index (χ1n) is 6.92. The molecule has 0 aromatic carbocycles. The molecule has 0 aromatic rings. The second kappa shape index (κ2) is 10.6. The molecular formula is C15H31NO. The number of likely N-dealkylation sites (tertiary alicyclic amines) is 1. The van der Waals surface area contributed by atoms with Gasteiger partial charge in [0, 0.05) is 0 Å². The zero-order chi connectivity index (χ0) is 13.9. The number of aliphatic hydroxyl groups is 1. The molecule has 1 heterocycles. The maximum Gasteiger partial charge on any atom is 0.0620 e. The third-order valence-electron chi connectivity index (χ3n) is 2.90. The van der Waals surface area contributed by atoms with Gasteiger partial charge < -0.3 is 5.11 Å². The minimum absolute atomic E-state index is 0.432. The van der Waals surface area contributed by atoms with Crippen molar-refractivity contribution in [2.24, 2.45) is 5.92 Å². The first kappa shape index (κ1) is 18.8. The highest BCUT2D eigenvalue weighted by atomic mass is 16.3. The minimum atomic E-state index is -0.526. The van der Waals surface area contributed by atoms with Crippen LogP contribution in [0.3, 0.4) is 0 Å². The van der Waals surface area contributed by atoms with Gasteiger partial charge in [0.15, 0.2) is 0 Å².